The molecular formula is C19H19N3O2S. The van der Waals surface area contributed by atoms with Gasteiger partial charge in [-0.2, -0.15) is 0 Å². The van der Waals surface area contributed by atoms with Crippen molar-refractivity contribution in [1.29, 1.82) is 0 Å². The number of aryl methyl sites for hydroxylation is 1. The number of hydrogen-bond donors (Lipinski definition) is 0. The van der Waals surface area contributed by atoms with Gasteiger partial charge in [0.05, 0.1) is 18.0 Å². The number of methoxy groups -OCH3 is 1. The number of thioether (sulfide) groups is 1. The second-order valence-electron chi connectivity index (χ2n) is 5.65. The number of carbonyl (C=O) groups is 1. The number of Topliss-reactive ketones (excluding diaryl/α,β-unsaturated/α-hetero) is 1. The summed E-state index contributed by atoms with van der Waals surface area (Å²) in [6, 6.07) is 15.3. The topological polar surface area (TPSA) is 57.0 Å². The number of para-hydroxylation sites is 2. The lowest BCUT2D eigenvalue weighted by Crippen LogP contribution is -2.14. The minimum Gasteiger partial charge on any atom is -0.495 e. The third kappa shape index (κ3) is 3.74. The Morgan fingerprint density at radius 1 is 1.16 bits per heavy atom. The molecule has 1 heterocycles. The van der Waals surface area contributed by atoms with Gasteiger partial charge >= 0.3 is 0 Å². The van der Waals surface area contributed by atoms with Crippen molar-refractivity contribution in [2.75, 3.05) is 7.11 Å². The standard InChI is InChI=1S/C19H19N3O2S/c1-13-8-10-15(11-9-13)18(23)14(2)25-19-21-20-12-22(19)16-6-4-5-7-17(16)24-3/h4-12,14H,1-3H3. The van der Waals surface area contributed by atoms with Crippen molar-refractivity contribution in [3.63, 3.8) is 0 Å². The largest absolute Gasteiger partial charge is 0.495 e. The maximum Gasteiger partial charge on any atom is 0.196 e. The highest BCUT2D eigenvalue weighted by molar-refractivity contribution is 8.00. The van der Waals surface area contributed by atoms with Gasteiger partial charge in [-0.05, 0) is 26.0 Å². The first-order valence-electron chi connectivity index (χ1n) is 7.91. The lowest BCUT2D eigenvalue weighted by Gasteiger charge is -2.13. The average molecular weight is 353 g/mol. The predicted molar refractivity (Wildman–Crippen MR) is 98.7 cm³/mol. The van der Waals surface area contributed by atoms with E-state index in [0.717, 1.165) is 17.0 Å². The summed E-state index contributed by atoms with van der Waals surface area (Å²) in [4.78, 5) is 12.7. The zero-order chi connectivity index (χ0) is 17.8. The van der Waals surface area contributed by atoms with Crippen molar-refractivity contribution in [2.45, 2.75) is 24.3 Å². The Kier molecular flexibility index (Phi) is 5.19. The molecule has 1 atom stereocenters. The van der Waals surface area contributed by atoms with Crippen molar-refractivity contribution >= 4 is 17.5 Å². The Balaban J connectivity index is 1.83. The van der Waals surface area contributed by atoms with E-state index in [-0.39, 0.29) is 11.0 Å². The summed E-state index contributed by atoms with van der Waals surface area (Å²) in [5, 5.41) is 8.54. The van der Waals surface area contributed by atoms with Gasteiger partial charge in [0.25, 0.3) is 0 Å². The highest BCUT2D eigenvalue weighted by Crippen LogP contribution is 2.29. The van der Waals surface area contributed by atoms with E-state index in [4.69, 9.17) is 4.74 Å². The third-order valence-electron chi connectivity index (χ3n) is 3.85. The molecule has 3 aromatic rings. The summed E-state index contributed by atoms with van der Waals surface area (Å²) in [7, 11) is 1.62. The van der Waals surface area contributed by atoms with Gasteiger partial charge in [0, 0.05) is 5.56 Å². The van der Waals surface area contributed by atoms with Gasteiger partial charge in [0.2, 0.25) is 0 Å². The van der Waals surface area contributed by atoms with Gasteiger partial charge < -0.3 is 4.74 Å². The van der Waals surface area contributed by atoms with E-state index in [1.54, 1.807) is 13.4 Å². The zero-order valence-corrected chi connectivity index (χ0v) is 15.2. The Labute approximate surface area is 151 Å². The molecule has 0 saturated heterocycles. The van der Waals surface area contributed by atoms with E-state index in [9.17, 15) is 4.79 Å². The fourth-order valence-electron chi connectivity index (χ4n) is 2.46. The molecule has 0 radical (unpaired) electrons. The predicted octanol–water partition coefficient (Wildman–Crippen LogP) is 3.95. The van der Waals surface area contributed by atoms with E-state index >= 15 is 0 Å². The van der Waals surface area contributed by atoms with Gasteiger partial charge in [0.15, 0.2) is 10.9 Å². The summed E-state index contributed by atoms with van der Waals surface area (Å²) in [5.41, 5.74) is 2.68. The summed E-state index contributed by atoms with van der Waals surface area (Å²) in [5.74, 6) is 0.793. The zero-order valence-electron chi connectivity index (χ0n) is 14.3. The van der Waals surface area contributed by atoms with Crippen LogP contribution in [0, 0.1) is 6.92 Å². The van der Waals surface area contributed by atoms with Crippen LogP contribution in [0.3, 0.4) is 0 Å². The van der Waals surface area contributed by atoms with Gasteiger partial charge in [-0.15, -0.1) is 10.2 Å². The van der Waals surface area contributed by atoms with Gasteiger partial charge in [0.1, 0.15) is 12.1 Å². The van der Waals surface area contributed by atoms with Gasteiger partial charge in [-0.3, -0.25) is 9.36 Å². The number of benzene rings is 2. The molecule has 0 amide bonds. The Morgan fingerprint density at radius 3 is 2.60 bits per heavy atom. The third-order valence-corrected chi connectivity index (χ3v) is 4.91. The molecule has 0 aliphatic carbocycles. The van der Waals surface area contributed by atoms with E-state index in [0.29, 0.717) is 10.7 Å². The van der Waals surface area contributed by atoms with Crippen LogP contribution in [0.25, 0.3) is 5.69 Å². The molecule has 0 aliphatic heterocycles. The number of rotatable bonds is 6. The molecule has 6 heteroatoms. The molecule has 0 N–H and O–H groups in total. The van der Waals surface area contributed by atoms with E-state index in [2.05, 4.69) is 10.2 Å². The lowest BCUT2D eigenvalue weighted by atomic mass is 10.1. The highest BCUT2D eigenvalue weighted by atomic mass is 32.2. The fourth-order valence-corrected chi connectivity index (χ4v) is 3.38. The second kappa shape index (κ2) is 7.53. The first-order chi connectivity index (χ1) is 12.1. The number of carbonyl (C=O) groups excluding carboxylic acids is 1. The lowest BCUT2D eigenvalue weighted by molar-refractivity contribution is 0.0994. The number of ketones is 1. The van der Waals surface area contributed by atoms with E-state index in [1.807, 2.05) is 66.9 Å². The SMILES string of the molecule is COc1ccccc1-n1cnnc1SC(C)C(=O)c1ccc(C)cc1. The minimum absolute atomic E-state index is 0.0691. The Bertz CT molecular complexity index is 874. The number of ether oxygens (including phenoxy) is 1. The Morgan fingerprint density at radius 2 is 1.88 bits per heavy atom. The summed E-state index contributed by atoms with van der Waals surface area (Å²) >= 11 is 1.38. The summed E-state index contributed by atoms with van der Waals surface area (Å²) in [6.45, 7) is 3.89. The number of nitrogens with zero attached hydrogens (tertiary/aromatic N) is 3. The molecule has 0 saturated carbocycles. The fraction of sp³-hybridized carbons (Fsp3) is 0.211. The molecule has 5 nitrogen and oxygen atoms in total. The quantitative estimate of drug-likeness (QED) is 0.496. The van der Waals surface area contributed by atoms with Gasteiger partial charge in [-0.1, -0.05) is 53.7 Å². The molecule has 0 spiro atoms. The van der Waals surface area contributed by atoms with Crippen LogP contribution >= 0.6 is 11.8 Å². The van der Waals surface area contributed by atoms with Gasteiger partial charge in [-0.25, -0.2) is 0 Å². The molecule has 128 valence electrons. The minimum atomic E-state index is -0.277. The van der Waals surface area contributed by atoms with Crippen molar-refractivity contribution in [1.82, 2.24) is 14.8 Å². The number of aromatic nitrogens is 3. The molecule has 25 heavy (non-hydrogen) atoms. The van der Waals surface area contributed by atoms with Crippen LogP contribution in [-0.4, -0.2) is 32.9 Å². The normalized spacial score (nSPS) is 12.0. The van der Waals surface area contributed by atoms with Crippen LogP contribution in [-0.2, 0) is 0 Å². The van der Waals surface area contributed by atoms with Crippen molar-refractivity contribution in [3.8, 4) is 11.4 Å². The molecule has 0 aliphatic rings. The molecule has 0 fully saturated rings. The maximum atomic E-state index is 12.7. The van der Waals surface area contributed by atoms with Crippen LogP contribution in [0.5, 0.6) is 5.75 Å². The van der Waals surface area contributed by atoms with Crippen LogP contribution in [0.1, 0.15) is 22.8 Å². The van der Waals surface area contributed by atoms with Crippen LogP contribution in [0.4, 0.5) is 0 Å². The summed E-state index contributed by atoms with van der Waals surface area (Å²) < 4.78 is 7.24. The smallest absolute Gasteiger partial charge is 0.196 e. The maximum absolute atomic E-state index is 12.7. The average Bonchev–Trinajstić information content (AvgIpc) is 3.09. The van der Waals surface area contributed by atoms with Crippen molar-refractivity contribution < 1.29 is 9.53 Å². The molecule has 0 bridgehead atoms. The van der Waals surface area contributed by atoms with Crippen LogP contribution in [0.15, 0.2) is 60.0 Å². The molecule has 3 rings (SSSR count). The van der Waals surface area contributed by atoms with Crippen LogP contribution in [0.2, 0.25) is 0 Å². The monoisotopic (exact) mass is 353 g/mol. The van der Waals surface area contributed by atoms with E-state index < -0.39 is 0 Å². The van der Waals surface area contributed by atoms with Crippen molar-refractivity contribution in [3.05, 3.63) is 66.0 Å². The van der Waals surface area contributed by atoms with Crippen LogP contribution < -0.4 is 4.74 Å². The molecule has 1 aromatic heterocycles. The summed E-state index contributed by atoms with van der Waals surface area (Å²) in [6.07, 6.45) is 1.63. The Hall–Kier alpha value is -2.60. The molecule has 2 aromatic carbocycles. The first-order valence-corrected chi connectivity index (χ1v) is 8.79. The van der Waals surface area contributed by atoms with Crippen molar-refractivity contribution in [2.24, 2.45) is 0 Å². The second-order valence-corrected chi connectivity index (χ2v) is 6.95. The van der Waals surface area contributed by atoms with E-state index in [1.165, 1.54) is 11.8 Å². The first kappa shape index (κ1) is 17.2. The molecule has 1 unspecified atom stereocenters. The molecular weight excluding hydrogens is 334 g/mol. The number of hydrogen-bond acceptors (Lipinski definition) is 5. The highest BCUT2D eigenvalue weighted by Gasteiger charge is 2.20.